The molecule has 1 aromatic rings. The lowest BCUT2D eigenvalue weighted by Gasteiger charge is -1.91. The van der Waals surface area contributed by atoms with Crippen LogP contribution in [0, 0.1) is 6.92 Å². The van der Waals surface area contributed by atoms with Crippen LogP contribution >= 0.6 is 11.3 Å². The van der Waals surface area contributed by atoms with Crippen molar-refractivity contribution >= 4 is 17.3 Å². The van der Waals surface area contributed by atoms with Crippen molar-refractivity contribution in [2.24, 2.45) is 0 Å². The SMILES string of the molecule is CCc1cc(C(=O)OC)sc1C. The van der Waals surface area contributed by atoms with E-state index in [0.29, 0.717) is 4.88 Å². The van der Waals surface area contributed by atoms with Crippen LogP contribution in [-0.2, 0) is 11.2 Å². The van der Waals surface area contributed by atoms with Crippen molar-refractivity contribution in [1.29, 1.82) is 0 Å². The van der Waals surface area contributed by atoms with Gasteiger partial charge in [0.15, 0.2) is 0 Å². The van der Waals surface area contributed by atoms with Crippen molar-refractivity contribution in [2.75, 3.05) is 7.11 Å². The Morgan fingerprint density at radius 1 is 1.67 bits per heavy atom. The topological polar surface area (TPSA) is 26.3 Å². The number of esters is 1. The number of rotatable bonds is 2. The second-order valence-electron chi connectivity index (χ2n) is 2.54. The van der Waals surface area contributed by atoms with E-state index >= 15 is 0 Å². The third-order valence-electron chi connectivity index (χ3n) is 1.79. The Morgan fingerprint density at radius 3 is 2.75 bits per heavy atom. The lowest BCUT2D eigenvalue weighted by molar-refractivity contribution is 0.0606. The first-order chi connectivity index (χ1) is 5.69. The van der Waals surface area contributed by atoms with Crippen molar-refractivity contribution in [3.8, 4) is 0 Å². The lowest BCUT2D eigenvalue weighted by atomic mass is 10.2. The zero-order chi connectivity index (χ0) is 9.14. The molecule has 0 atom stereocenters. The van der Waals surface area contributed by atoms with Gasteiger partial charge in [0.1, 0.15) is 4.88 Å². The van der Waals surface area contributed by atoms with Crippen molar-refractivity contribution in [3.63, 3.8) is 0 Å². The van der Waals surface area contributed by atoms with Gasteiger partial charge in [-0.2, -0.15) is 0 Å². The number of carbonyl (C=O) groups is 1. The van der Waals surface area contributed by atoms with E-state index in [4.69, 9.17) is 0 Å². The fourth-order valence-electron chi connectivity index (χ4n) is 1.07. The number of hydrogen-bond acceptors (Lipinski definition) is 3. The van der Waals surface area contributed by atoms with Crippen LogP contribution in [0.1, 0.15) is 27.0 Å². The van der Waals surface area contributed by atoms with E-state index in [-0.39, 0.29) is 5.97 Å². The van der Waals surface area contributed by atoms with Gasteiger partial charge in [-0.1, -0.05) is 6.92 Å². The number of hydrogen-bond donors (Lipinski definition) is 0. The number of aryl methyl sites for hydroxylation is 2. The predicted octanol–water partition coefficient (Wildman–Crippen LogP) is 2.41. The minimum Gasteiger partial charge on any atom is -0.465 e. The van der Waals surface area contributed by atoms with E-state index in [1.807, 2.05) is 13.0 Å². The fourth-order valence-corrected chi connectivity index (χ4v) is 2.10. The van der Waals surface area contributed by atoms with E-state index in [2.05, 4.69) is 11.7 Å². The van der Waals surface area contributed by atoms with Crippen LogP contribution in [0.4, 0.5) is 0 Å². The van der Waals surface area contributed by atoms with Crippen molar-refractivity contribution in [3.05, 3.63) is 21.4 Å². The maximum Gasteiger partial charge on any atom is 0.348 e. The summed E-state index contributed by atoms with van der Waals surface area (Å²) >= 11 is 1.50. The summed E-state index contributed by atoms with van der Waals surface area (Å²) in [7, 11) is 1.41. The molecule has 0 bridgehead atoms. The monoisotopic (exact) mass is 184 g/mol. The maximum atomic E-state index is 11.1. The molecule has 12 heavy (non-hydrogen) atoms. The van der Waals surface area contributed by atoms with Crippen LogP contribution in [0.25, 0.3) is 0 Å². The molecule has 1 heterocycles. The van der Waals surface area contributed by atoms with Gasteiger partial charge in [0, 0.05) is 4.88 Å². The first kappa shape index (κ1) is 9.26. The van der Waals surface area contributed by atoms with Gasteiger partial charge in [-0.25, -0.2) is 4.79 Å². The highest BCUT2D eigenvalue weighted by Gasteiger charge is 2.10. The van der Waals surface area contributed by atoms with Gasteiger partial charge in [-0.3, -0.25) is 0 Å². The molecule has 0 saturated carbocycles. The van der Waals surface area contributed by atoms with Crippen LogP contribution < -0.4 is 0 Å². The summed E-state index contributed by atoms with van der Waals surface area (Å²) in [5, 5.41) is 0. The van der Waals surface area contributed by atoms with Gasteiger partial charge >= 0.3 is 5.97 Å². The van der Waals surface area contributed by atoms with Crippen LogP contribution in [-0.4, -0.2) is 13.1 Å². The normalized spacial score (nSPS) is 9.92. The molecule has 0 saturated heterocycles. The number of thiophene rings is 1. The van der Waals surface area contributed by atoms with Gasteiger partial charge < -0.3 is 4.74 Å². The number of methoxy groups -OCH3 is 1. The van der Waals surface area contributed by atoms with Gasteiger partial charge in [0.05, 0.1) is 7.11 Å². The number of ether oxygens (including phenoxy) is 1. The Morgan fingerprint density at radius 2 is 2.33 bits per heavy atom. The summed E-state index contributed by atoms with van der Waals surface area (Å²) in [4.78, 5) is 13.0. The van der Waals surface area contributed by atoms with Gasteiger partial charge in [-0.05, 0) is 25.0 Å². The Bertz CT molecular complexity index is 289. The van der Waals surface area contributed by atoms with Crippen LogP contribution in [0.5, 0.6) is 0 Å². The molecule has 0 N–H and O–H groups in total. The third-order valence-corrected chi connectivity index (χ3v) is 2.86. The molecule has 66 valence electrons. The average molecular weight is 184 g/mol. The Kier molecular flexibility index (Phi) is 2.87. The minimum atomic E-state index is -0.234. The standard InChI is InChI=1S/C9H12O2S/c1-4-7-5-8(9(10)11-3)12-6(7)2/h5H,4H2,1-3H3. The molecule has 0 aromatic carbocycles. The first-order valence-corrected chi connectivity index (χ1v) is 4.68. The molecule has 2 nitrogen and oxygen atoms in total. The van der Waals surface area contributed by atoms with Gasteiger partial charge in [-0.15, -0.1) is 11.3 Å². The molecule has 0 aliphatic carbocycles. The highest BCUT2D eigenvalue weighted by Crippen LogP contribution is 2.22. The largest absolute Gasteiger partial charge is 0.465 e. The van der Waals surface area contributed by atoms with Gasteiger partial charge in [0.25, 0.3) is 0 Å². The summed E-state index contributed by atoms with van der Waals surface area (Å²) in [5.74, 6) is -0.234. The zero-order valence-corrected chi connectivity index (χ0v) is 8.33. The minimum absolute atomic E-state index is 0.234. The first-order valence-electron chi connectivity index (χ1n) is 3.86. The van der Waals surface area contributed by atoms with E-state index < -0.39 is 0 Å². The second-order valence-corrected chi connectivity index (χ2v) is 3.79. The van der Waals surface area contributed by atoms with Gasteiger partial charge in [0.2, 0.25) is 0 Å². The third kappa shape index (κ3) is 1.67. The zero-order valence-electron chi connectivity index (χ0n) is 7.51. The quantitative estimate of drug-likeness (QED) is 0.660. The molecule has 0 fully saturated rings. The second kappa shape index (κ2) is 3.72. The van der Waals surface area contributed by atoms with E-state index in [9.17, 15) is 4.79 Å². The van der Waals surface area contributed by atoms with E-state index in [1.165, 1.54) is 28.9 Å². The highest BCUT2D eigenvalue weighted by atomic mass is 32.1. The Balaban J connectivity index is 2.96. The fraction of sp³-hybridized carbons (Fsp3) is 0.444. The van der Waals surface area contributed by atoms with Crippen LogP contribution in [0.3, 0.4) is 0 Å². The average Bonchev–Trinajstić information content (AvgIpc) is 2.45. The lowest BCUT2D eigenvalue weighted by Crippen LogP contribution is -1.96. The molecule has 0 aliphatic heterocycles. The van der Waals surface area contributed by atoms with E-state index in [1.54, 1.807) is 0 Å². The summed E-state index contributed by atoms with van der Waals surface area (Å²) in [6.07, 6.45) is 0.972. The molecule has 1 aromatic heterocycles. The maximum absolute atomic E-state index is 11.1. The molecule has 0 radical (unpaired) electrons. The van der Waals surface area contributed by atoms with Crippen molar-refractivity contribution in [1.82, 2.24) is 0 Å². The molecular formula is C9H12O2S. The molecule has 0 spiro atoms. The summed E-state index contributed by atoms with van der Waals surface area (Å²) in [6, 6.07) is 1.91. The summed E-state index contributed by atoms with van der Waals surface area (Å²) < 4.78 is 4.62. The Hall–Kier alpha value is -0.830. The summed E-state index contributed by atoms with van der Waals surface area (Å²) in [5.41, 5.74) is 1.24. The Labute approximate surface area is 76.2 Å². The molecule has 1 rings (SSSR count). The number of carbonyl (C=O) groups excluding carboxylic acids is 1. The highest BCUT2D eigenvalue weighted by molar-refractivity contribution is 7.14. The van der Waals surface area contributed by atoms with Crippen LogP contribution in [0.15, 0.2) is 6.07 Å². The summed E-state index contributed by atoms with van der Waals surface area (Å²) in [6.45, 7) is 4.10. The van der Waals surface area contributed by atoms with E-state index in [0.717, 1.165) is 6.42 Å². The smallest absolute Gasteiger partial charge is 0.348 e. The molecule has 0 amide bonds. The molecule has 0 unspecified atom stereocenters. The molecule has 3 heteroatoms. The van der Waals surface area contributed by atoms with Crippen LogP contribution in [0.2, 0.25) is 0 Å². The molecular weight excluding hydrogens is 172 g/mol. The molecule has 0 aliphatic rings. The predicted molar refractivity (Wildman–Crippen MR) is 49.8 cm³/mol. The van der Waals surface area contributed by atoms with Crippen molar-refractivity contribution < 1.29 is 9.53 Å². The van der Waals surface area contributed by atoms with Crippen molar-refractivity contribution in [2.45, 2.75) is 20.3 Å².